The second-order valence-electron chi connectivity index (χ2n) is 5.86. The first-order valence-corrected chi connectivity index (χ1v) is 5.72. The molecule has 1 rings (SSSR count). The summed E-state index contributed by atoms with van der Waals surface area (Å²) in [6.45, 7) is 8.91. The van der Waals surface area contributed by atoms with Gasteiger partial charge < -0.3 is 10.4 Å². The first kappa shape index (κ1) is 13.0. The van der Waals surface area contributed by atoms with E-state index in [1.807, 2.05) is 0 Å². The Morgan fingerprint density at radius 3 is 2.19 bits per heavy atom. The Balaban J connectivity index is 2.46. The molecule has 92 valence electrons. The number of rotatable bonds is 4. The zero-order chi connectivity index (χ0) is 12.6. The van der Waals surface area contributed by atoms with Crippen molar-refractivity contribution in [2.45, 2.75) is 40.5 Å². The van der Waals surface area contributed by atoms with Gasteiger partial charge in [0.25, 0.3) is 0 Å². The number of amides is 1. The molecule has 0 saturated heterocycles. The van der Waals surface area contributed by atoms with Gasteiger partial charge in [0.1, 0.15) is 5.41 Å². The lowest BCUT2D eigenvalue weighted by Crippen LogP contribution is -2.41. The number of carboxylic acids is 1. The predicted molar refractivity (Wildman–Crippen MR) is 60.9 cm³/mol. The van der Waals surface area contributed by atoms with Crippen molar-refractivity contribution in [1.82, 2.24) is 5.32 Å². The van der Waals surface area contributed by atoms with E-state index in [2.05, 4.69) is 33.0 Å². The predicted octanol–water partition coefficient (Wildman–Crippen LogP) is 1.65. The molecule has 2 N–H and O–H groups in total. The third kappa shape index (κ3) is 2.54. The molecule has 1 fully saturated rings. The molecule has 1 atom stereocenters. The lowest BCUT2D eigenvalue weighted by molar-refractivity contribution is -0.149. The van der Waals surface area contributed by atoms with E-state index >= 15 is 0 Å². The number of hydrogen-bond acceptors (Lipinski definition) is 2. The van der Waals surface area contributed by atoms with Crippen LogP contribution >= 0.6 is 0 Å². The first-order valence-electron chi connectivity index (χ1n) is 5.72. The van der Waals surface area contributed by atoms with E-state index in [1.54, 1.807) is 0 Å². The van der Waals surface area contributed by atoms with Gasteiger partial charge in [0.2, 0.25) is 5.91 Å². The Hall–Kier alpha value is -1.06. The van der Waals surface area contributed by atoms with E-state index in [0.29, 0.717) is 25.3 Å². The van der Waals surface area contributed by atoms with Crippen LogP contribution in [0.4, 0.5) is 0 Å². The number of carbonyl (C=O) groups is 2. The van der Waals surface area contributed by atoms with Crippen molar-refractivity contribution in [2.24, 2.45) is 16.7 Å². The number of carboxylic acid groups (broad SMARTS) is 1. The Kier molecular flexibility index (Phi) is 3.31. The van der Waals surface area contributed by atoms with E-state index in [1.165, 1.54) is 0 Å². The van der Waals surface area contributed by atoms with Crippen molar-refractivity contribution >= 4 is 11.9 Å². The SMILES string of the molecule is CC(CNC(=O)C1(C(=O)O)CC1)C(C)(C)C. The number of carbonyl (C=O) groups excluding carboxylic acids is 1. The summed E-state index contributed by atoms with van der Waals surface area (Å²) in [5.41, 5.74) is -0.995. The molecule has 1 amide bonds. The summed E-state index contributed by atoms with van der Waals surface area (Å²) in [4.78, 5) is 22.6. The van der Waals surface area contributed by atoms with Gasteiger partial charge in [-0.1, -0.05) is 27.7 Å². The van der Waals surface area contributed by atoms with Gasteiger partial charge in [-0.15, -0.1) is 0 Å². The topological polar surface area (TPSA) is 66.4 Å². The number of hydrogen-bond donors (Lipinski definition) is 2. The molecule has 0 radical (unpaired) electrons. The molecule has 1 unspecified atom stereocenters. The monoisotopic (exact) mass is 227 g/mol. The molecule has 0 aliphatic heterocycles. The molecule has 0 aromatic carbocycles. The molecular weight excluding hydrogens is 206 g/mol. The number of aliphatic carboxylic acids is 1. The molecule has 0 aromatic rings. The standard InChI is InChI=1S/C12H21NO3/c1-8(11(2,3)4)7-13-9(14)12(5-6-12)10(15)16/h8H,5-7H2,1-4H3,(H,13,14)(H,15,16). The van der Waals surface area contributed by atoms with Crippen LogP contribution < -0.4 is 5.32 Å². The van der Waals surface area contributed by atoms with Gasteiger partial charge in [0, 0.05) is 6.54 Å². The Bertz CT molecular complexity index is 300. The minimum atomic E-state index is -1.11. The summed E-state index contributed by atoms with van der Waals surface area (Å²) in [6, 6.07) is 0. The Labute approximate surface area is 96.4 Å². The quantitative estimate of drug-likeness (QED) is 0.718. The highest BCUT2D eigenvalue weighted by molar-refractivity contribution is 6.04. The van der Waals surface area contributed by atoms with Gasteiger partial charge in [-0.2, -0.15) is 0 Å². The summed E-state index contributed by atoms with van der Waals surface area (Å²) in [6.07, 6.45) is 0.941. The number of nitrogens with one attached hydrogen (secondary N) is 1. The first-order chi connectivity index (χ1) is 7.20. The highest BCUT2D eigenvalue weighted by Crippen LogP contribution is 2.46. The maximum Gasteiger partial charge on any atom is 0.319 e. The summed E-state index contributed by atoms with van der Waals surface area (Å²) < 4.78 is 0. The average molecular weight is 227 g/mol. The molecular formula is C12H21NO3. The molecule has 16 heavy (non-hydrogen) atoms. The van der Waals surface area contributed by atoms with Crippen molar-refractivity contribution in [3.63, 3.8) is 0 Å². The third-order valence-corrected chi connectivity index (χ3v) is 3.64. The van der Waals surface area contributed by atoms with E-state index in [-0.39, 0.29) is 11.3 Å². The van der Waals surface area contributed by atoms with Gasteiger partial charge >= 0.3 is 5.97 Å². The fraction of sp³-hybridized carbons (Fsp3) is 0.833. The Morgan fingerprint density at radius 1 is 1.38 bits per heavy atom. The lowest BCUT2D eigenvalue weighted by Gasteiger charge is -2.27. The Morgan fingerprint density at radius 2 is 1.88 bits per heavy atom. The maximum absolute atomic E-state index is 11.7. The molecule has 0 spiro atoms. The van der Waals surface area contributed by atoms with E-state index in [9.17, 15) is 9.59 Å². The molecule has 1 aliphatic rings. The van der Waals surface area contributed by atoms with Crippen LogP contribution in [-0.2, 0) is 9.59 Å². The average Bonchev–Trinajstić information content (AvgIpc) is 2.92. The van der Waals surface area contributed by atoms with Crippen molar-refractivity contribution in [3.05, 3.63) is 0 Å². The second kappa shape index (κ2) is 4.07. The summed E-state index contributed by atoms with van der Waals surface area (Å²) in [5.74, 6) is -0.995. The third-order valence-electron chi connectivity index (χ3n) is 3.64. The van der Waals surface area contributed by atoms with E-state index < -0.39 is 11.4 Å². The fourth-order valence-electron chi connectivity index (χ4n) is 1.38. The van der Waals surface area contributed by atoms with Crippen LogP contribution in [0.3, 0.4) is 0 Å². The highest BCUT2D eigenvalue weighted by Gasteiger charge is 2.57. The van der Waals surface area contributed by atoms with Crippen LogP contribution in [0.15, 0.2) is 0 Å². The van der Waals surface area contributed by atoms with Crippen molar-refractivity contribution in [1.29, 1.82) is 0 Å². The molecule has 4 heteroatoms. The molecule has 0 aromatic heterocycles. The van der Waals surface area contributed by atoms with Crippen LogP contribution in [0.5, 0.6) is 0 Å². The van der Waals surface area contributed by atoms with E-state index in [4.69, 9.17) is 5.11 Å². The van der Waals surface area contributed by atoms with Gasteiger partial charge in [-0.25, -0.2) is 0 Å². The normalized spacial score (nSPS) is 20.0. The van der Waals surface area contributed by atoms with Gasteiger partial charge in [-0.3, -0.25) is 9.59 Å². The lowest BCUT2D eigenvalue weighted by atomic mass is 9.82. The zero-order valence-electron chi connectivity index (χ0n) is 10.5. The van der Waals surface area contributed by atoms with E-state index in [0.717, 1.165) is 0 Å². The van der Waals surface area contributed by atoms with Crippen molar-refractivity contribution in [3.8, 4) is 0 Å². The van der Waals surface area contributed by atoms with Crippen LogP contribution in [0.2, 0.25) is 0 Å². The zero-order valence-corrected chi connectivity index (χ0v) is 10.5. The van der Waals surface area contributed by atoms with Crippen LogP contribution in [-0.4, -0.2) is 23.5 Å². The summed E-state index contributed by atoms with van der Waals surface area (Å²) in [5, 5.41) is 11.7. The van der Waals surface area contributed by atoms with Crippen LogP contribution in [0.25, 0.3) is 0 Å². The van der Waals surface area contributed by atoms with Crippen molar-refractivity contribution < 1.29 is 14.7 Å². The largest absolute Gasteiger partial charge is 0.480 e. The van der Waals surface area contributed by atoms with Gasteiger partial charge in [0.15, 0.2) is 0 Å². The molecule has 0 bridgehead atoms. The molecule has 1 aliphatic carbocycles. The maximum atomic E-state index is 11.7. The van der Waals surface area contributed by atoms with Crippen molar-refractivity contribution in [2.75, 3.05) is 6.54 Å². The summed E-state index contributed by atoms with van der Waals surface area (Å²) >= 11 is 0. The highest BCUT2D eigenvalue weighted by atomic mass is 16.4. The second-order valence-corrected chi connectivity index (χ2v) is 5.86. The minimum Gasteiger partial charge on any atom is -0.480 e. The van der Waals surface area contributed by atoms with Gasteiger partial charge in [-0.05, 0) is 24.2 Å². The fourth-order valence-corrected chi connectivity index (χ4v) is 1.38. The summed E-state index contributed by atoms with van der Waals surface area (Å²) in [7, 11) is 0. The molecule has 0 heterocycles. The minimum absolute atomic E-state index is 0.118. The van der Waals surface area contributed by atoms with Crippen LogP contribution in [0.1, 0.15) is 40.5 Å². The molecule has 1 saturated carbocycles. The van der Waals surface area contributed by atoms with Gasteiger partial charge in [0.05, 0.1) is 0 Å². The smallest absolute Gasteiger partial charge is 0.319 e. The molecule has 4 nitrogen and oxygen atoms in total. The van der Waals surface area contributed by atoms with Crippen LogP contribution in [0, 0.1) is 16.7 Å².